The van der Waals surface area contributed by atoms with Crippen LogP contribution in [0.2, 0.25) is 0 Å². The highest BCUT2D eigenvalue weighted by Crippen LogP contribution is 2.45. The predicted octanol–water partition coefficient (Wildman–Crippen LogP) is 16.9. The summed E-state index contributed by atoms with van der Waals surface area (Å²) in [5.41, 5.74) is 10.1. The SMILES string of the molecule is c1ccc(-n2c3ccccc3c3c4c(ccc32)c2ccccc2c2cc(-c3ccc5oc6ccc(-c7cc8c9ccccc9ccc8c8ccccc78)cc6c5c3)ccc24)cc1. The number of rotatable bonds is 3. The lowest BCUT2D eigenvalue weighted by atomic mass is 9.89. The normalized spacial score (nSPS) is 12.2. The number of furan rings is 1. The van der Waals surface area contributed by atoms with Gasteiger partial charge in [-0.05, 0) is 142 Å². The van der Waals surface area contributed by atoms with Gasteiger partial charge >= 0.3 is 0 Å². The van der Waals surface area contributed by atoms with Gasteiger partial charge in [-0.2, -0.15) is 0 Å². The predicted molar refractivity (Wildman–Crippen MR) is 264 cm³/mol. The molecule has 0 amide bonds. The third kappa shape index (κ3) is 4.69. The van der Waals surface area contributed by atoms with Gasteiger partial charge in [0.25, 0.3) is 0 Å². The van der Waals surface area contributed by atoms with Crippen LogP contribution in [0.25, 0.3) is 136 Å². The van der Waals surface area contributed by atoms with Gasteiger partial charge in [0.05, 0.1) is 11.0 Å². The van der Waals surface area contributed by atoms with Crippen LogP contribution in [0.3, 0.4) is 0 Å². The fourth-order valence-corrected chi connectivity index (χ4v) is 10.8. The molecule has 14 rings (SSSR count). The summed E-state index contributed by atoms with van der Waals surface area (Å²) in [7, 11) is 0. The van der Waals surface area contributed by atoms with Gasteiger partial charge in [-0.25, -0.2) is 0 Å². The molecule has 0 aliphatic heterocycles. The molecule has 0 unspecified atom stereocenters. The average molecular weight is 786 g/mol. The smallest absolute Gasteiger partial charge is 0.135 e. The van der Waals surface area contributed by atoms with E-state index in [9.17, 15) is 0 Å². The minimum absolute atomic E-state index is 0.893. The van der Waals surface area contributed by atoms with Crippen molar-refractivity contribution in [3.05, 3.63) is 212 Å². The number of hydrogen-bond acceptors (Lipinski definition) is 1. The Balaban J connectivity index is 0.982. The summed E-state index contributed by atoms with van der Waals surface area (Å²) in [4.78, 5) is 0. The van der Waals surface area contributed by atoms with Crippen LogP contribution in [0.1, 0.15) is 0 Å². The first-order valence-corrected chi connectivity index (χ1v) is 21.4. The molecule has 286 valence electrons. The van der Waals surface area contributed by atoms with Crippen LogP contribution >= 0.6 is 0 Å². The summed E-state index contributed by atoms with van der Waals surface area (Å²) in [6, 6.07) is 78.1. The Hall–Kier alpha value is -8.20. The zero-order valence-corrected chi connectivity index (χ0v) is 33.6. The van der Waals surface area contributed by atoms with Crippen molar-refractivity contribution in [1.29, 1.82) is 0 Å². The second-order valence-corrected chi connectivity index (χ2v) is 16.8. The van der Waals surface area contributed by atoms with E-state index in [0.717, 1.165) is 27.5 Å². The lowest BCUT2D eigenvalue weighted by Gasteiger charge is -2.14. The van der Waals surface area contributed by atoms with Gasteiger partial charge in [0, 0.05) is 32.6 Å². The summed E-state index contributed by atoms with van der Waals surface area (Å²) in [6.07, 6.45) is 0. The summed E-state index contributed by atoms with van der Waals surface area (Å²) in [6.45, 7) is 0. The molecule has 62 heavy (non-hydrogen) atoms. The third-order valence-corrected chi connectivity index (χ3v) is 13.5. The van der Waals surface area contributed by atoms with E-state index in [4.69, 9.17) is 4.42 Å². The number of benzene rings is 12. The Morgan fingerprint density at radius 2 is 0.790 bits per heavy atom. The van der Waals surface area contributed by atoms with E-state index in [1.165, 1.54) is 109 Å². The lowest BCUT2D eigenvalue weighted by molar-refractivity contribution is 0.669. The maximum absolute atomic E-state index is 6.53. The van der Waals surface area contributed by atoms with Gasteiger partial charge in [-0.3, -0.25) is 0 Å². The van der Waals surface area contributed by atoms with Crippen molar-refractivity contribution in [3.8, 4) is 27.9 Å². The van der Waals surface area contributed by atoms with Crippen molar-refractivity contribution in [2.45, 2.75) is 0 Å². The molecule has 0 aliphatic rings. The van der Waals surface area contributed by atoms with Crippen LogP contribution < -0.4 is 0 Å². The number of fused-ring (bicyclic) bond motifs is 18. The van der Waals surface area contributed by atoms with Crippen LogP contribution in [0.15, 0.2) is 217 Å². The van der Waals surface area contributed by atoms with Gasteiger partial charge in [-0.15, -0.1) is 0 Å². The maximum Gasteiger partial charge on any atom is 0.135 e. The van der Waals surface area contributed by atoms with Gasteiger partial charge in [0.1, 0.15) is 11.2 Å². The molecule has 0 spiro atoms. The van der Waals surface area contributed by atoms with Crippen LogP contribution in [0, 0.1) is 0 Å². The molecule has 14 aromatic rings. The molecular weight excluding hydrogens is 751 g/mol. The second kappa shape index (κ2) is 12.7. The molecular formula is C60H35NO. The Morgan fingerprint density at radius 3 is 1.58 bits per heavy atom. The summed E-state index contributed by atoms with van der Waals surface area (Å²) in [5.74, 6) is 0. The minimum Gasteiger partial charge on any atom is -0.456 e. The fourth-order valence-electron chi connectivity index (χ4n) is 10.8. The van der Waals surface area contributed by atoms with Crippen molar-refractivity contribution in [3.63, 3.8) is 0 Å². The van der Waals surface area contributed by atoms with Crippen molar-refractivity contribution in [1.82, 2.24) is 4.57 Å². The molecule has 2 aromatic heterocycles. The van der Waals surface area contributed by atoms with E-state index < -0.39 is 0 Å². The van der Waals surface area contributed by atoms with Gasteiger partial charge in [0.15, 0.2) is 0 Å². The van der Waals surface area contributed by atoms with E-state index in [1.807, 2.05) is 0 Å². The van der Waals surface area contributed by atoms with Crippen molar-refractivity contribution in [2.75, 3.05) is 0 Å². The molecule has 2 nitrogen and oxygen atoms in total. The lowest BCUT2D eigenvalue weighted by Crippen LogP contribution is -1.93. The van der Waals surface area contributed by atoms with Crippen molar-refractivity contribution >= 4 is 108 Å². The largest absolute Gasteiger partial charge is 0.456 e. The summed E-state index contributed by atoms with van der Waals surface area (Å²) < 4.78 is 8.95. The van der Waals surface area contributed by atoms with E-state index >= 15 is 0 Å². The summed E-state index contributed by atoms with van der Waals surface area (Å²) in [5, 5.41) is 20.0. The standard InChI is InChI=1S/C60H35NO/c1-2-13-40(14-3-1)61-55-21-11-10-20-49(55)60-56(61)29-28-47-43-17-7-9-19-45(43)51-32-37(23-27-48(51)59(47)60)38-24-30-57-53(33-38)54-34-39(25-31-58(54)62-57)50-35-52-41-15-5-4-12-36(41)22-26-46(52)42-16-6-8-18-44(42)50/h1-35H. The van der Waals surface area contributed by atoms with Crippen molar-refractivity contribution < 1.29 is 4.42 Å². The second-order valence-electron chi connectivity index (χ2n) is 16.8. The molecule has 2 heterocycles. The molecule has 0 saturated carbocycles. The highest BCUT2D eigenvalue weighted by molar-refractivity contribution is 6.35. The van der Waals surface area contributed by atoms with Gasteiger partial charge in [-0.1, -0.05) is 152 Å². The number of aromatic nitrogens is 1. The van der Waals surface area contributed by atoms with Crippen LogP contribution in [0.4, 0.5) is 0 Å². The molecule has 0 bridgehead atoms. The average Bonchev–Trinajstić information content (AvgIpc) is 3.89. The molecule has 0 radical (unpaired) electrons. The molecule has 0 fully saturated rings. The highest BCUT2D eigenvalue weighted by Gasteiger charge is 2.20. The monoisotopic (exact) mass is 785 g/mol. The molecule has 12 aromatic carbocycles. The molecule has 0 N–H and O–H groups in total. The van der Waals surface area contributed by atoms with Crippen LogP contribution in [0.5, 0.6) is 0 Å². The molecule has 2 heteroatoms. The Kier molecular flexibility index (Phi) is 6.86. The first-order chi connectivity index (χ1) is 30.7. The maximum atomic E-state index is 6.53. The molecule has 0 aliphatic carbocycles. The van der Waals surface area contributed by atoms with E-state index in [-0.39, 0.29) is 0 Å². The molecule has 0 atom stereocenters. The third-order valence-electron chi connectivity index (χ3n) is 13.5. The van der Waals surface area contributed by atoms with Crippen LogP contribution in [-0.2, 0) is 0 Å². The van der Waals surface area contributed by atoms with Gasteiger partial charge < -0.3 is 8.98 Å². The van der Waals surface area contributed by atoms with E-state index in [0.29, 0.717) is 0 Å². The summed E-state index contributed by atoms with van der Waals surface area (Å²) >= 11 is 0. The topological polar surface area (TPSA) is 18.1 Å². The quantitative estimate of drug-likeness (QED) is 0.163. The number of hydrogen-bond donors (Lipinski definition) is 0. The Bertz CT molecular complexity index is 4210. The fraction of sp³-hybridized carbons (Fsp3) is 0. The van der Waals surface area contributed by atoms with Crippen molar-refractivity contribution in [2.24, 2.45) is 0 Å². The zero-order valence-electron chi connectivity index (χ0n) is 33.6. The number of nitrogens with zero attached hydrogens (tertiary/aromatic N) is 1. The van der Waals surface area contributed by atoms with E-state index in [1.54, 1.807) is 0 Å². The highest BCUT2D eigenvalue weighted by atomic mass is 16.3. The van der Waals surface area contributed by atoms with E-state index in [2.05, 4.69) is 217 Å². The Labute approximate surface area is 356 Å². The first kappa shape index (κ1) is 33.6. The van der Waals surface area contributed by atoms with Crippen LogP contribution in [-0.4, -0.2) is 4.57 Å². The number of para-hydroxylation sites is 2. The van der Waals surface area contributed by atoms with Gasteiger partial charge in [0.2, 0.25) is 0 Å². The minimum atomic E-state index is 0.893. The zero-order chi connectivity index (χ0) is 40.5. The molecule has 0 saturated heterocycles. The Morgan fingerprint density at radius 1 is 0.274 bits per heavy atom. The first-order valence-electron chi connectivity index (χ1n) is 21.4.